The van der Waals surface area contributed by atoms with E-state index in [1.807, 2.05) is 31.2 Å². The highest BCUT2D eigenvalue weighted by Gasteiger charge is 2.30. The number of halogens is 3. The van der Waals surface area contributed by atoms with Gasteiger partial charge in [0.25, 0.3) is 5.91 Å². The zero-order valence-corrected chi connectivity index (χ0v) is 21.1. The van der Waals surface area contributed by atoms with E-state index in [0.717, 1.165) is 16.8 Å². The fourth-order valence-corrected chi connectivity index (χ4v) is 4.01. The van der Waals surface area contributed by atoms with Crippen LogP contribution < -0.4 is 10.1 Å². The van der Waals surface area contributed by atoms with Crippen molar-refractivity contribution in [2.45, 2.75) is 45.5 Å². The number of rotatable bonds is 10. The van der Waals surface area contributed by atoms with E-state index >= 15 is 0 Å². The first kappa shape index (κ1) is 27.6. The van der Waals surface area contributed by atoms with Gasteiger partial charge >= 0.3 is 12.3 Å². The van der Waals surface area contributed by atoms with E-state index in [2.05, 4.69) is 10.1 Å². The summed E-state index contributed by atoms with van der Waals surface area (Å²) < 4.78 is 40.9. The second-order valence-electron chi connectivity index (χ2n) is 9.06. The number of aryl methyl sites for hydroxylation is 2. The van der Waals surface area contributed by atoms with Gasteiger partial charge in [-0.25, -0.2) is 9.97 Å². The van der Waals surface area contributed by atoms with Gasteiger partial charge in [0, 0.05) is 24.1 Å². The molecule has 39 heavy (non-hydrogen) atoms. The quantitative estimate of drug-likeness (QED) is 0.233. The molecule has 0 saturated carbocycles. The van der Waals surface area contributed by atoms with E-state index in [-0.39, 0.29) is 24.6 Å². The number of hydrogen-bond acceptors (Lipinski definition) is 5. The first-order chi connectivity index (χ1) is 18.6. The lowest BCUT2D eigenvalue weighted by Crippen LogP contribution is -2.22. The third kappa shape index (κ3) is 7.76. The first-order valence-corrected chi connectivity index (χ1v) is 12.3. The number of hydrogen-bond donors (Lipinski definition) is 2. The molecule has 1 aromatic heterocycles. The number of amides is 1. The number of alkyl halides is 3. The van der Waals surface area contributed by atoms with Crippen LogP contribution in [0.3, 0.4) is 0 Å². The van der Waals surface area contributed by atoms with Crippen molar-refractivity contribution in [1.82, 2.24) is 15.3 Å². The Bertz CT molecular complexity index is 1470. The monoisotopic (exact) mass is 537 g/mol. The van der Waals surface area contributed by atoms with Crippen LogP contribution in [0.2, 0.25) is 0 Å². The average Bonchev–Trinajstić information content (AvgIpc) is 2.89. The Morgan fingerprint density at radius 1 is 0.923 bits per heavy atom. The summed E-state index contributed by atoms with van der Waals surface area (Å²) in [6.45, 7) is 2.10. The summed E-state index contributed by atoms with van der Waals surface area (Å²) in [4.78, 5) is 33.3. The zero-order chi connectivity index (χ0) is 28.0. The van der Waals surface area contributed by atoms with E-state index in [0.29, 0.717) is 47.1 Å². The maximum Gasteiger partial charge on any atom is 0.573 e. The maximum absolute atomic E-state index is 12.8. The highest BCUT2D eigenvalue weighted by atomic mass is 19.4. The predicted octanol–water partition coefficient (Wildman–Crippen LogP) is 6.23. The molecule has 0 aliphatic carbocycles. The largest absolute Gasteiger partial charge is 0.573 e. The van der Waals surface area contributed by atoms with Crippen molar-refractivity contribution >= 4 is 22.9 Å². The maximum atomic E-state index is 12.8. The molecule has 7 nitrogen and oxygen atoms in total. The Morgan fingerprint density at radius 3 is 2.31 bits per heavy atom. The predicted molar refractivity (Wildman–Crippen MR) is 139 cm³/mol. The molecule has 3 aromatic carbocycles. The molecule has 4 rings (SSSR count). The van der Waals surface area contributed by atoms with Gasteiger partial charge in [-0.15, -0.1) is 13.2 Å². The fraction of sp³-hybridized carbons (Fsp3) is 0.241. The summed E-state index contributed by atoms with van der Waals surface area (Å²) in [5.41, 5.74) is 5.53. The first-order valence-electron chi connectivity index (χ1n) is 12.3. The minimum absolute atomic E-state index is 0.0727. The number of ether oxygens (including phenoxy) is 1. The number of carboxylic acids is 1. The van der Waals surface area contributed by atoms with E-state index < -0.39 is 12.3 Å². The summed E-state index contributed by atoms with van der Waals surface area (Å²) in [5.74, 6) is -1.56. The van der Waals surface area contributed by atoms with Crippen LogP contribution in [0.15, 0.2) is 66.7 Å². The molecule has 0 spiro atoms. The van der Waals surface area contributed by atoms with Crippen LogP contribution in [-0.4, -0.2) is 33.3 Å². The van der Waals surface area contributed by atoms with Crippen molar-refractivity contribution in [2.75, 3.05) is 0 Å². The van der Waals surface area contributed by atoms with Crippen LogP contribution in [-0.2, 0) is 17.8 Å². The topological polar surface area (TPSA) is 101 Å². The molecule has 0 atom stereocenters. The second kappa shape index (κ2) is 11.9. The Balaban J connectivity index is 1.52. The number of nitrogens with one attached hydrogen (secondary N) is 1. The second-order valence-corrected chi connectivity index (χ2v) is 9.06. The number of nitrogens with zero attached hydrogens (tertiary/aromatic N) is 2. The summed E-state index contributed by atoms with van der Waals surface area (Å²) in [6.07, 6.45) is -3.03. The summed E-state index contributed by atoms with van der Waals surface area (Å²) in [6, 6.07) is 18.1. The van der Waals surface area contributed by atoms with Gasteiger partial charge in [-0.1, -0.05) is 42.0 Å². The van der Waals surface area contributed by atoms with E-state index in [4.69, 9.17) is 15.1 Å². The number of unbranched alkanes of at least 4 members (excludes halogenated alkanes) is 1. The molecule has 0 fully saturated rings. The van der Waals surface area contributed by atoms with Gasteiger partial charge in [0.2, 0.25) is 0 Å². The third-order valence-electron chi connectivity index (χ3n) is 5.99. The van der Waals surface area contributed by atoms with Crippen LogP contribution in [0.1, 0.15) is 46.4 Å². The summed E-state index contributed by atoms with van der Waals surface area (Å²) in [7, 11) is 0. The fourth-order valence-electron chi connectivity index (χ4n) is 4.01. The summed E-state index contributed by atoms with van der Waals surface area (Å²) in [5, 5.41) is 11.7. The lowest BCUT2D eigenvalue weighted by Gasteiger charge is -2.12. The van der Waals surface area contributed by atoms with Gasteiger partial charge in [0.05, 0.1) is 22.4 Å². The van der Waals surface area contributed by atoms with E-state index in [1.165, 1.54) is 24.3 Å². The molecule has 0 unspecified atom stereocenters. The molecule has 4 aromatic rings. The number of carboxylic acid groups (broad SMARTS) is 1. The van der Waals surface area contributed by atoms with Crippen molar-refractivity contribution in [3.63, 3.8) is 0 Å². The molecule has 0 aliphatic heterocycles. The third-order valence-corrected chi connectivity index (χ3v) is 5.99. The SMILES string of the molecule is Cc1ccc(-c2nc3ccc(C(=O)NCc4ccc(OC(F)(F)F)cc4)cc3nc2CCCCC(=O)O)cc1. The Hall–Kier alpha value is -4.47. The van der Waals surface area contributed by atoms with Crippen LogP contribution in [0.4, 0.5) is 13.2 Å². The van der Waals surface area contributed by atoms with Crippen LogP contribution in [0.25, 0.3) is 22.3 Å². The highest BCUT2D eigenvalue weighted by molar-refractivity contribution is 5.97. The smallest absolute Gasteiger partial charge is 0.481 e. The number of aliphatic carboxylic acids is 1. The number of fused-ring (bicyclic) bond motifs is 1. The molecular formula is C29H26F3N3O4. The molecule has 1 heterocycles. The number of carbonyl (C=O) groups is 2. The number of benzene rings is 3. The van der Waals surface area contributed by atoms with Gasteiger partial charge in [0.15, 0.2) is 0 Å². The van der Waals surface area contributed by atoms with Crippen LogP contribution in [0.5, 0.6) is 5.75 Å². The van der Waals surface area contributed by atoms with Crippen molar-refractivity contribution in [2.24, 2.45) is 0 Å². The molecule has 0 saturated heterocycles. The van der Waals surface area contributed by atoms with Crippen LogP contribution >= 0.6 is 0 Å². The summed E-state index contributed by atoms with van der Waals surface area (Å²) >= 11 is 0. The number of aromatic nitrogens is 2. The minimum Gasteiger partial charge on any atom is -0.481 e. The molecule has 202 valence electrons. The molecule has 10 heteroatoms. The van der Waals surface area contributed by atoms with E-state index in [9.17, 15) is 22.8 Å². The minimum atomic E-state index is -4.77. The van der Waals surface area contributed by atoms with Gasteiger partial charge in [-0.05, 0) is 62.1 Å². The Labute approximate surface area is 222 Å². The Morgan fingerprint density at radius 2 is 1.64 bits per heavy atom. The van der Waals surface area contributed by atoms with Crippen molar-refractivity contribution in [3.8, 4) is 17.0 Å². The molecule has 0 bridgehead atoms. The lowest BCUT2D eigenvalue weighted by molar-refractivity contribution is -0.274. The van der Waals surface area contributed by atoms with Gasteiger partial charge in [-0.2, -0.15) is 0 Å². The van der Waals surface area contributed by atoms with Crippen molar-refractivity contribution < 1.29 is 32.6 Å². The molecule has 2 N–H and O–H groups in total. The molecular weight excluding hydrogens is 511 g/mol. The van der Waals surface area contributed by atoms with E-state index in [1.54, 1.807) is 18.2 Å². The highest BCUT2D eigenvalue weighted by Crippen LogP contribution is 2.26. The normalized spacial score (nSPS) is 11.4. The lowest BCUT2D eigenvalue weighted by atomic mass is 10.0. The zero-order valence-electron chi connectivity index (χ0n) is 21.1. The average molecular weight is 538 g/mol. The number of carbonyl (C=O) groups excluding carboxylic acids is 1. The molecule has 0 radical (unpaired) electrons. The van der Waals surface area contributed by atoms with Crippen LogP contribution in [0, 0.1) is 6.92 Å². The van der Waals surface area contributed by atoms with Crippen molar-refractivity contribution in [3.05, 3.63) is 89.1 Å². The molecule has 1 amide bonds. The standard InChI is InChI=1S/C29H26F3N3O4/c1-18-6-10-20(11-7-18)27-24(4-2-3-5-26(36)37)34-25-16-21(12-15-23(25)35-27)28(38)33-17-19-8-13-22(14-9-19)39-29(30,31)32/h6-16H,2-5,17H2,1H3,(H,33,38)(H,36,37). The molecule has 0 aliphatic rings. The van der Waals surface area contributed by atoms with Crippen molar-refractivity contribution in [1.29, 1.82) is 0 Å². The Kier molecular flexibility index (Phi) is 8.43. The van der Waals surface area contributed by atoms with Gasteiger partial charge in [0.1, 0.15) is 5.75 Å². The van der Waals surface area contributed by atoms with Gasteiger partial charge in [-0.3, -0.25) is 9.59 Å². The van der Waals surface area contributed by atoms with Gasteiger partial charge < -0.3 is 15.2 Å².